The van der Waals surface area contributed by atoms with Crippen LogP contribution in [0.25, 0.3) is 0 Å². The first kappa shape index (κ1) is 14.6. The van der Waals surface area contributed by atoms with Crippen molar-refractivity contribution < 1.29 is 9.84 Å². The van der Waals surface area contributed by atoms with Crippen molar-refractivity contribution in [1.82, 2.24) is 0 Å². The third-order valence-corrected chi connectivity index (χ3v) is 2.90. The van der Waals surface area contributed by atoms with E-state index in [1.165, 1.54) is 0 Å². The van der Waals surface area contributed by atoms with Crippen LogP contribution in [0.1, 0.15) is 16.7 Å². The minimum absolute atomic E-state index is 0.129. The molecule has 0 bridgehead atoms. The van der Waals surface area contributed by atoms with E-state index in [2.05, 4.69) is 11.8 Å². The zero-order chi connectivity index (χ0) is 14.2. The summed E-state index contributed by atoms with van der Waals surface area (Å²) in [5.41, 5.74) is 2.98. The number of aliphatic hydroxyl groups is 1. The van der Waals surface area contributed by atoms with E-state index in [1.807, 2.05) is 48.5 Å². The molecule has 2 nitrogen and oxygen atoms in total. The van der Waals surface area contributed by atoms with Gasteiger partial charge in [0.25, 0.3) is 0 Å². The predicted octanol–water partition coefficient (Wildman–Crippen LogP) is 3.40. The van der Waals surface area contributed by atoms with Crippen LogP contribution in [0.3, 0.4) is 0 Å². The van der Waals surface area contributed by atoms with Gasteiger partial charge < -0.3 is 9.84 Å². The van der Waals surface area contributed by atoms with Crippen LogP contribution >= 0.6 is 11.6 Å². The highest BCUT2D eigenvalue weighted by molar-refractivity contribution is 6.30. The van der Waals surface area contributed by atoms with Gasteiger partial charge in [0.15, 0.2) is 0 Å². The van der Waals surface area contributed by atoms with Gasteiger partial charge in [0.05, 0.1) is 13.2 Å². The summed E-state index contributed by atoms with van der Waals surface area (Å²) in [6, 6.07) is 15.4. The molecule has 0 amide bonds. The molecule has 2 aromatic carbocycles. The summed E-state index contributed by atoms with van der Waals surface area (Å²) in [5, 5.41) is 9.39. The number of ether oxygens (including phenoxy) is 1. The maximum atomic E-state index is 8.68. The molecular weight excluding hydrogens is 272 g/mol. The van der Waals surface area contributed by atoms with Crippen molar-refractivity contribution in [3.8, 4) is 11.8 Å². The quantitative estimate of drug-likeness (QED) is 0.873. The lowest BCUT2D eigenvalue weighted by atomic mass is 10.1. The Bertz CT molecular complexity index is 626. The van der Waals surface area contributed by atoms with Crippen molar-refractivity contribution in [3.05, 3.63) is 70.2 Å². The van der Waals surface area contributed by atoms with E-state index >= 15 is 0 Å². The smallest absolute Gasteiger partial charge is 0.104 e. The van der Waals surface area contributed by atoms with Gasteiger partial charge in [-0.15, -0.1) is 0 Å². The number of rotatable bonds is 4. The first-order valence-corrected chi connectivity index (χ1v) is 6.66. The van der Waals surface area contributed by atoms with Crippen molar-refractivity contribution in [2.45, 2.75) is 13.2 Å². The van der Waals surface area contributed by atoms with Crippen molar-refractivity contribution in [3.63, 3.8) is 0 Å². The van der Waals surface area contributed by atoms with Gasteiger partial charge in [-0.2, -0.15) is 0 Å². The predicted molar refractivity (Wildman–Crippen MR) is 80.4 cm³/mol. The van der Waals surface area contributed by atoms with Crippen LogP contribution in [-0.4, -0.2) is 11.7 Å². The van der Waals surface area contributed by atoms with Crippen LogP contribution in [0.2, 0.25) is 5.02 Å². The van der Waals surface area contributed by atoms with Gasteiger partial charge in [0.1, 0.15) is 6.61 Å². The van der Waals surface area contributed by atoms with E-state index in [-0.39, 0.29) is 6.61 Å². The van der Waals surface area contributed by atoms with E-state index in [9.17, 15) is 0 Å². The van der Waals surface area contributed by atoms with Gasteiger partial charge in [-0.1, -0.05) is 47.7 Å². The molecule has 0 aromatic heterocycles. The van der Waals surface area contributed by atoms with E-state index < -0.39 is 0 Å². The van der Waals surface area contributed by atoms with E-state index in [1.54, 1.807) is 0 Å². The Morgan fingerprint density at radius 1 is 1.00 bits per heavy atom. The summed E-state index contributed by atoms with van der Waals surface area (Å²) >= 11 is 5.92. The zero-order valence-corrected chi connectivity index (χ0v) is 11.7. The third-order valence-electron chi connectivity index (χ3n) is 2.67. The number of aliphatic hydroxyl groups excluding tert-OH is 1. The molecule has 3 heteroatoms. The molecule has 0 radical (unpaired) electrons. The minimum Gasteiger partial charge on any atom is -0.384 e. The topological polar surface area (TPSA) is 29.5 Å². The van der Waals surface area contributed by atoms with Crippen molar-refractivity contribution in [1.29, 1.82) is 0 Å². The van der Waals surface area contributed by atoms with Crippen LogP contribution in [0.4, 0.5) is 0 Å². The van der Waals surface area contributed by atoms with Crippen LogP contribution in [0.5, 0.6) is 0 Å². The number of benzene rings is 2. The normalized spacial score (nSPS) is 9.90. The van der Waals surface area contributed by atoms with E-state index in [0.29, 0.717) is 18.2 Å². The number of hydrogen-bond donors (Lipinski definition) is 1. The molecule has 0 atom stereocenters. The summed E-state index contributed by atoms with van der Waals surface area (Å²) < 4.78 is 5.66. The van der Waals surface area contributed by atoms with Crippen LogP contribution in [0.15, 0.2) is 48.5 Å². The number of halogens is 1. The molecular formula is C17H15ClO2. The first-order valence-electron chi connectivity index (χ1n) is 6.29. The molecule has 102 valence electrons. The monoisotopic (exact) mass is 286 g/mol. The standard InChI is InChI=1S/C17H15ClO2/c18-17-8-2-6-16(11-17)13-20-12-15-5-1-4-14(10-15)7-3-9-19/h1-2,4-6,8,10-11,19H,9,12-13H2. The van der Waals surface area contributed by atoms with Gasteiger partial charge >= 0.3 is 0 Å². The Morgan fingerprint density at radius 3 is 2.40 bits per heavy atom. The second kappa shape index (κ2) is 7.72. The van der Waals surface area contributed by atoms with Gasteiger partial charge in [0.2, 0.25) is 0 Å². The Labute approximate surface area is 124 Å². The lowest BCUT2D eigenvalue weighted by molar-refractivity contribution is 0.107. The summed E-state index contributed by atoms with van der Waals surface area (Å²) in [4.78, 5) is 0. The first-order chi connectivity index (χ1) is 9.78. The second-order valence-corrected chi connectivity index (χ2v) is 4.72. The average molecular weight is 287 g/mol. The zero-order valence-electron chi connectivity index (χ0n) is 11.0. The molecule has 2 rings (SSSR count). The summed E-state index contributed by atoms with van der Waals surface area (Å²) in [6.45, 7) is 0.907. The van der Waals surface area contributed by atoms with Crippen LogP contribution < -0.4 is 0 Å². The fourth-order valence-corrected chi connectivity index (χ4v) is 2.01. The molecule has 20 heavy (non-hydrogen) atoms. The molecule has 0 unspecified atom stereocenters. The molecule has 0 saturated heterocycles. The Hall–Kier alpha value is -1.79. The molecule has 2 aromatic rings. The molecule has 1 N–H and O–H groups in total. The van der Waals surface area contributed by atoms with Gasteiger partial charge in [-0.25, -0.2) is 0 Å². The highest BCUT2D eigenvalue weighted by atomic mass is 35.5. The lowest BCUT2D eigenvalue weighted by Crippen LogP contribution is -1.94. The molecule has 0 spiro atoms. The molecule has 0 aliphatic carbocycles. The lowest BCUT2D eigenvalue weighted by Gasteiger charge is -2.05. The fourth-order valence-electron chi connectivity index (χ4n) is 1.79. The Balaban J connectivity index is 1.91. The summed E-state index contributed by atoms with van der Waals surface area (Å²) in [7, 11) is 0. The maximum absolute atomic E-state index is 8.68. The highest BCUT2D eigenvalue weighted by Crippen LogP contribution is 2.13. The fraction of sp³-hybridized carbons (Fsp3) is 0.176. The van der Waals surface area contributed by atoms with Gasteiger partial charge in [-0.3, -0.25) is 0 Å². The van der Waals surface area contributed by atoms with Crippen LogP contribution in [0, 0.1) is 11.8 Å². The summed E-state index contributed by atoms with van der Waals surface area (Å²) in [6.07, 6.45) is 0. The average Bonchev–Trinajstić information content (AvgIpc) is 2.46. The Morgan fingerprint density at radius 2 is 1.70 bits per heavy atom. The largest absolute Gasteiger partial charge is 0.384 e. The van der Waals surface area contributed by atoms with E-state index in [0.717, 1.165) is 16.7 Å². The molecule has 0 fully saturated rings. The highest BCUT2D eigenvalue weighted by Gasteiger charge is 1.97. The van der Waals surface area contributed by atoms with Gasteiger partial charge in [0, 0.05) is 10.6 Å². The maximum Gasteiger partial charge on any atom is 0.104 e. The van der Waals surface area contributed by atoms with E-state index in [4.69, 9.17) is 21.4 Å². The summed E-state index contributed by atoms with van der Waals surface area (Å²) in [5.74, 6) is 5.51. The second-order valence-electron chi connectivity index (χ2n) is 4.28. The van der Waals surface area contributed by atoms with Crippen LogP contribution in [-0.2, 0) is 18.0 Å². The minimum atomic E-state index is -0.129. The Kier molecular flexibility index (Phi) is 5.64. The van der Waals surface area contributed by atoms with Crippen molar-refractivity contribution in [2.24, 2.45) is 0 Å². The molecule has 0 saturated carbocycles. The number of hydrogen-bond acceptors (Lipinski definition) is 2. The molecule has 0 aliphatic rings. The van der Waals surface area contributed by atoms with Crippen molar-refractivity contribution >= 4 is 11.6 Å². The third kappa shape index (κ3) is 4.71. The SMILES string of the molecule is OCC#Cc1cccc(COCc2cccc(Cl)c2)c1. The molecule has 0 aliphatic heterocycles. The molecule has 0 heterocycles. The van der Waals surface area contributed by atoms with Crippen molar-refractivity contribution in [2.75, 3.05) is 6.61 Å². The van der Waals surface area contributed by atoms with Gasteiger partial charge in [-0.05, 0) is 35.4 Å².